The molecule has 0 unspecified atom stereocenters. The molecular formula is C29H28N4O2S. The summed E-state index contributed by atoms with van der Waals surface area (Å²) in [5.41, 5.74) is 9.21. The first-order valence-corrected chi connectivity index (χ1v) is 12.5. The van der Waals surface area contributed by atoms with Crippen LogP contribution in [0.25, 0.3) is 5.69 Å². The zero-order chi connectivity index (χ0) is 25.0. The van der Waals surface area contributed by atoms with E-state index in [1.165, 1.54) is 33.8 Å². The third kappa shape index (κ3) is 3.54. The van der Waals surface area contributed by atoms with E-state index in [0.29, 0.717) is 5.11 Å². The smallest absolute Gasteiger partial charge is 0.231 e. The number of hydrogen-bond acceptors (Lipinski definition) is 4. The number of pyridine rings is 1. The maximum absolute atomic E-state index is 5.93. The molecular weight excluding hydrogens is 468 g/mol. The van der Waals surface area contributed by atoms with Crippen LogP contribution >= 0.6 is 12.2 Å². The fraction of sp³-hybridized carbons (Fsp3) is 0.241. The lowest BCUT2D eigenvalue weighted by Crippen LogP contribution is -2.29. The number of rotatable bonds is 4. The number of ether oxygens (including phenoxy) is 2. The highest BCUT2D eigenvalue weighted by Gasteiger charge is 2.42. The minimum Gasteiger partial charge on any atom is -0.454 e. The summed E-state index contributed by atoms with van der Waals surface area (Å²) in [5.74, 6) is 1.49. The average Bonchev–Trinajstić information content (AvgIpc) is 3.55. The van der Waals surface area contributed by atoms with Crippen LogP contribution in [-0.2, 0) is 0 Å². The first-order chi connectivity index (χ1) is 17.4. The van der Waals surface area contributed by atoms with E-state index in [1.807, 2.05) is 36.5 Å². The predicted molar refractivity (Wildman–Crippen MR) is 145 cm³/mol. The summed E-state index contributed by atoms with van der Waals surface area (Å²) in [4.78, 5) is 6.89. The Balaban J connectivity index is 1.54. The molecule has 2 atom stereocenters. The summed E-state index contributed by atoms with van der Waals surface area (Å²) in [6.07, 6.45) is 1.83. The van der Waals surface area contributed by atoms with Gasteiger partial charge in [-0.25, -0.2) is 0 Å². The molecule has 0 amide bonds. The maximum Gasteiger partial charge on any atom is 0.231 e. The van der Waals surface area contributed by atoms with Gasteiger partial charge < -0.3 is 24.3 Å². The molecule has 0 aliphatic carbocycles. The summed E-state index contributed by atoms with van der Waals surface area (Å²) >= 11 is 5.93. The first-order valence-electron chi connectivity index (χ1n) is 12.1. The highest BCUT2D eigenvalue weighted by Crippen LogP contribution is 2.46. The Bertz CT molecular complexity index is 1460. The lowest BCUT2D eigenvalue weighted by Gasteiger charge is -2.28. The third-order valence-corrected chi connectivity index (χ3v) is 7.50. The van der Waals surface area contributed by atoms with Crippen LogP contribution in [0.2, 0.25) is 0 Å². The zero-order valence-electron chi connectivity index (χ0n) is 20.8. The minimum absolute atomic E-state index is 0.1000. The Morgan fingerprint density at radius 1 is 0.917 bits per heavy atom. The predicted octanol–water partition coefficient (Wildman–Crippen LogP) is 6.01. The van der Waals surface area contributed by atoms with Crippen LogP contribution in [-0.4, -0.2) is 21.5 Å². The maximum atomic E-state index is 5.93. The molecule has 2 aliphatic heterocycles. The van der Waals surface area contributed by atoms with Crippen molar-refractivity contribution in [1.29, 1.82) is 0 Å². The molecule has 7 heteroatoms. The van der Waals surface area contributed by atoms with Gasteiger partial charge in [0.15, 0.2) is 16.6 Å². The first kappa shape index (κ1) is 22.6. The molecule has 2 aromatic carbocycles. The van der Waals surface area contributed by atoms with Crippen molar-refractivity contribution in [2.75, 3.05) is 11.7 Å². The Labute approximate surface area is 216 Å². The lowest BCUT2D eigenvalue weighted by molar-refractivity contribution is 0.174. The third-order valence-electron chi connectivity index (χ3n) is 7.18. The molecule has 2 aromatic heterocycles. The van der Waals surface area contributed by atoms with Crippen molar-refractivity contribution < 1.29 is 9.47 Å². The molecule has 6 nitrogen and oxygen atoms in total. The van der Waals surface area contributed by atoms with Gasteiger partial charge in [0, 0.05) is 29.3 Å². The van der Waals surface area contributed by atoms with Gasteiger partial charge in [-0.1, -0.05) is 24.3 Å². The highest BCUT2D eigenvalue weighted by molar-refractivity contribution is 7.80. The van der Waals surface area contributed by atoms with Crippen molar-refractivity contribution >= 4 is 23.0 Å². The molecule has 1 saturated heterocycles. The van der Waals surface area contributed by atoms with Crippen LogP contribution in [0.5, 0.6) is 11.5 Å². The second-order valence-electron chi connectivity index (χ2n) is 9.44. The molecule has 0 radical (unpaired) electrons. The SMILES string of the molecule is Cc1cccc(C)c1-n1c(C)cc([C@H]2[C@@H](c3ccccn3)NC(=S)N2c2ccc3c(c2)OCO3)c1C. The average molecular weight is 497 g/mol. The summed E-state index contributed by atoms with van der Waals surface area (Å²) < 4.78 is 13.6. The molecule has 1 N–H and O–H groups in total. The van der Waals surface area contributed by atoms with Gasteiger partial charge in [0.25, 0.3) is 0 Å². The molecule has 0 bridgehead atoms. The normalized spacial score (nSPS) is 18.6. The molecule has 4 heterocycles. The fourth-order valence-corrected chi connectivity index (χ4v) is 5.92. The van der Waals surface area contributed by atoms with Crippen molar-refractivity contribution in [3.63, 3.8) is 0 Å². The Kier molecular flexibility index (Phi) is 5.45. The van der Waals surface area contributed by atoms with Crippen LogP contribution in [0, 0.1) is 27.7 Å². The summed E-state index contributed by atoms with van der Waals surface area (Å²) in [5, 5.41) is 4.23. The van der Waals surface area contributed by atoms with Crippen LogP contribution in [0.1, 0.15) is 45.9 Å². The number of hydrogen-bond donors (Lipinski definition) is 1. The number of aryl methyl sites for hydroxylation is 3. The molecule has 2 aliphatic rings. The summed E-state index contributed by atoms with van der Waals surface area (Å²) in [7, 11) is 0. The molecule has 182 valence electrons. The fourth-order valence-electron chi connectivity index (χ4n) is 5.57. The summed E-state index contributed by atoms with van der Waals surface area (Å²) in [6.45, 7) is 8.94. The van der Waals surface area contributed by atoms with E-state index in [-0.39, 0.29) is 18.9 Å². The van der Waals surface area contributed by atoms with Crippen LogP contribution in [0.3, 0.4) is 0 Å². The van der Waals surface area contributed by atoms with Crippen LogP contribution < -0.4 is 19.7 Å². The molecule has 0 spiro atoms. The number of para-hydroxylation sites is 1. The van der Waals surface area contributed by atoms with Crippen molar-refractivity contribution in [2.24, 2.45) is 0 Å². The van der Waals surface area contributed by atoms with E-state index in [0.717, 1.165) is 22.9 Å². The van der Waals surface area contributed by atoms with Crippen molar-refractivity contribution in [2.45, 2.75) is 39.8 Å². The second kappa shape index (κ2) is 8.68. The van der Waals surface area contributed by atoms with Gasteiger partial charge in [0.05, 0.1) is 23.5 Å². The van der Waals surface area contributed by atoms with E-state index < -0.39 is 0 Å². The zero-order valence-corrected chi connectivity index (χ0v) is 21.6. The minimum atomic E-state index is -0.115. The monoisotopic (exact) mass is 496 g/mol. The van der Waals surface area contributed by atoms with Gasteiger partial charge in [-0.2, -0.15) is 0 Å². The summed E-state index contributed by atoms with van der Waals surface area (Å²) in [6, 6.07) is 20.5. The van der Waals surface area contributed by atoms with E-state index in [9.17, 15) is 0 Å². The van der Waals surface area contributed by atoms with Crippen molar-refractivity contribution in [3.8, 4) is 17.2 Å². The van der Waals surface area contributed by atoms with Crippen molar-refractivity contribution in [1.82, 2.24) is 14.9 Å². The number of thiocarbonyl (C=S) groups is 1. The van der Waals surface area contributed by atoms with E-state index >= 15 is 0 Å². The Morgan fingerprint density at radius 2 is 1.69 bits per heavy atom. The Morgan fingerprint density at radius 3 is 2.44 bits per heavy atom. The molecule has 36 heavy (non-hydrogen) atoms. The lowest BCUT2D eigenvalue weighted by atomic mass is 9.96. The standard InChI is InChI=1S/C29H28N4O2S/c1-17-8-7-9-18(2)27(17)32-19(3)14-22(20(32)4)28-26(23-10-5-6-13-30-23)31-29(36)33(28)21-11-12-24-25(15-21)35-16-34-24/h5-15,26,28H,16H2,1-4H3,(H,31,36)/t26-,28+/m1/s1. The van der Waals surface area contributed by atoms with Crippen LogP contribution in [0.4, 0.5) is 5.69 Å². The number of nitrogens with one attached hydrogen (secondary N) is 1. The largest absolute Gasteiger partial charge is 0.454 e. The number of fused-ring (bicyclic) bond motifs is 1. The molecule has 0 saturated carbocycles. The number of anilines is 1. The van der Waals surface area contributed by atoms with Gasteiger partial charge in [0.1, 0.15) is 0 Å². The quantitative estimate of drug-likeness (QED) is 0.349. The van der Waals surface area contributed by atoms with E-state index in [1.54, 1.807) is 0 Å². The van der Waals surface area contributed by atoms with Gasteiger partial charge >= 0.3 is 0 Å². The molecule has 1 fully saturated rings. The van der Waals surface area contributed by atoms with E-state index in [4.69, 9.17) is 26.7 Å². The highest BCUT2D eigenvalue weighted by atomic mass is 32.1. The molecule has 6 rings (SSSR count). The second-order valence-corrected chi connectivity index (χ2v) is 9.82. The van der Waals surface area contributed by atoms with Crippen LogP contribution in [0.15, 0.2) is 66.9 Å². The molecule has 4 aromatic rings. The van der Waals surface area contributed by atoms with Gasteiger partial charge in [0.2, 0.25) is 6.79 Å². The van der Waals surface area contributed by atoms with Gasteiger partial charge in [-0.3, -0.25) is 4.98 Å². The number of nitrogens with zero attached hydrogens (tertiary/aromatic N) is 3. The number of aromatic nitrogens is 2. The number of benzene rings is 2. The van der Waals surface area contributed by atoms with Gasteiger partial charge in [-0.05, 0) is 86.9 Å². The van der Waals surface area contributed by atoms with Gasteiger partial charge in [-0.15, -0.1) is 0 Å². The Hall–Kier alpha value is -3.84. The topological polar surface area (TPSA) is 51.6 Å². The van der Waals surface area contributed by atoms with Crippen molar-refractivity contribution in [3.05, 3.63) is 101 Å². The van der Waals surface area contributed by atoms with E-state index in [2.05, 4.69) is 72.8 Å².